The standard InChI is InChI=1S/C20H33N3O2/c1-2-24-12-4-3-10-21-20(22-11-9-18-6-5-13-25-18)23-19-15-16-7-8-17(19)14-16/h5-6,13,16-17,19H,2-4,7-12,14-15H2,1H3,(H2,21,22,23). The lowest BCUT2D eigenvalue weighted by molar-refractivity contribution is 0.144. The minimum Gasteiger partial charge on any atom is -0.469 e. The maximum Gasteiger partial charge on any atom is 0.191 e. The van der Waals surface area contributed by atoms with E-state index in [0.717, 1.165) is 69.1 Å². The fourth-order valence-electron chi connectivity index (χ4n) is 4.16. The van der Waals surface area contributed by atoms with Gasteiger partial charge in [-0.2, -0.15) is 0 Å². The largest absolute Gasteiger partial charge is 0.469 e. The molecule has 2 bridgehead atoms. The van der Waals surface area contributed by atoms with Crippen molar-refractivity contribution in [2.75, 3.05) is 26.3 Å². The summed E-state index contributed by atoms with van der Waals surface area (Å²) in [6.07, 6.45) is 10.3. The Morgan fingerprint density at radius 3 is 3.00 bits per heavy atom. The lowest BCUT2D eigenvalue weighted by atomic mass is 9.95. The molecule has 2 fully saturated rings. The summed E-state index contributed by atoms with van der Waals surface area (Å²) in [5, 5.41) is 7.20. The Balaban J connectivity index is 1.44. The number of hydrogen-bond acceptors (Lipinski definition) is 3. The van der Waals surface area contributed by atoms with E-state index in [1.54, 1.807) is 6.26 Å². The minimum absolute atomic E-state index is 0.608. The van der Waals surface area contributed by atoms with Gasteiger partial charge in [0.1, 0.15) is 5.76 Å². The van der Waals surface area contributed by atoms with E-state index in [1.807, 2.05) is 19.1 Å². The van der Waals surface area contributed by atoms with Crippen LogP contribution in [0.2, 0.25) is 0 Å². The first kappa shape index (κ1) is 18.3. The van der Waals surface area contributed by atoms with Gasteiger partial charge in [0.15, 0.2) is 5.96 Å². The topological polar surface area (TPSA) is 58.8 Å². The smallest absolute Gasteiger partial charge is 0.191 e. The molecule has 3 rings (SSSR count). The van der Waals surface area contributed by atoms with Crippen LogP contribution in [-0.2, 0) is 11.2 Å². The van der Waals surface area contributed by atoms with Crippen molar-refractivity contribution in [3.63, 3.8) is 0 Å². The van der Waals surface area contributed by atoms with Gasteiger partial charge in [0.05, 0.1) is 6.26 Å². The summed E-state index contributed by atoms with van der Waals surface area (Å²) >= 11 is 0. The van der Waals surface area contributed by atoms with Crippen LogP contribution in [-0.4, -0.2) is 38.3 Å². The lowest BCUT2D eigenvalue weighted by Gasteiger charge is -2.25. The highest BCUT2D eigenvalue weighted by Gasteiger charge is 2.39. The number of aliphatic imine (C=N–C) groups is 1. The molecule has 1 aromatic rings. The average Bonchev–Trinajstić information content (AvgIpc) is 3.35. The third-order valence-electron chi connectivity index (χ3n) is 5.47. The second-order valence-corrected chi connectivity index (χ2v) is 7.32. The Hall–Kier alpha value is -1.49. The number of furan rings is 1. The van der Waals surface area contributed by atoms with Gasteiger partial charge in [0.2, 0.25) is 0 Å². The monoisotopic (exact) mass is 347 g/mol. The molecule has 0 aromatic carbocycles. The maximum atomic E-state index is 5.41. The van der Waals surface area contributed by atoms with E-state index in [2.05, 4.69) is 10.6 Å². The molecule has 25 heavy (non-hydrogen) atoms. The molecular weight excluding hydrogens is 314 g/mol. The number of fused-ring (bicyclic) bond motifs is 2. The van der Waals surface area contributed by atoms with Gasteiger partial charge in [-0.3, -0.25) is 4.99 Å². The van der Waals surface area contributed by atoms with Gasteiger partial charge in [-0.1, -0.05) is 6.42 Å². The Bertz CT molecular complexity index is 515. The summed E-state index contributed by atoms with van der Waals surface area (Å²) in [6, 6.07) is 4.57. The highest BCUT2D eigenvalue weighted by atomic mass is 16.5. The van der Waals surface area contributed by atoms with Crippen LogP contribution in [0.15, 0.2) is 27.8 Å². The quantitative estimate of drug-likeness (QED) is 0.387. The van der Waals surface area contributed by atoms with E-state index in [0.29, 0.717) is 6.04 Å². The van der Waals surface area contributed by atoms with Crippen LogP contribution < -0.4 is 10.6 Å². The Kier molecular flexibility index (Phi) is 7.22. The lowest BCUT2D eigenvalue weighted by Crippen LogP contribution is -2.46. The number of nitrogens with one attached hydrogen (secondary N) is 2. The summed E-state index contributed by atoms with van der Waals surface area (Å²) in [4.78, 5) is 4.80. The number of unbranched alkanes of at least 4 members (excludes halogenated alkanes) is 1. The van der Waals surface area contributed by atoms with E-state index in [1.165, 1.54) is 25.7 Å². The van der Waals surface area contributed by atoms with Crippen LogP contribution in [0.3, 0.4) is 0 Å². The van der Waals surface area contributed by atoms with Crippen molar-refractivity contribution in [2.45, 2.75) is 57.9 Å². The SMILES string of the molecule is CCOCCCCN=C(NCCc1ccco1)NC1CC2CCC1C2. The third kappa shape index (κ3) is 5.77. The Morgan fingerprint density at radius 1 is 1.32 bits per heavy atom. The van der Waals surface area contributed by atoms with Crippen LogP contribution in [0.25, 0.3) is 0 Å². The molecule has 2 aliphatic rings. The molecule has 0 radical (unpaired) electrons. The molecular formula is C20H33N3O2. The van der Waals surface area contributed by atoms with Crippen LogP contribution in [0, 0.1) is 11.8 Å². The number of rotatable bonds is 10. The summed E-state index contributed by atoms with van der Waals surface area (Å²) in [6.45, 7) is 5.38. The van der Waals surface area contributed by atoms with Crippen molar-refractivity contribution in [1.82, 2.24) is 10.6 Å². The molecule has 0 spiro atoms. The summed E-state index contributed by atoms with van der Waals surface area (Å²) in [5.41, 5.74) is 0. The molecule has 0 amide bonds. The highest BCUT2D eigenvalue weighted by molar-refractivity contribution is 5.80. The first-order valence-electron chi connectivity index (χ1n) is 10.00. The summed E-state index contributed by atoms with van der Waals surface area (Å²) in [7, 11) is 0. The second kappa shape index (κ2) is 9.85. The first-order valence-corrected chi connectivity index (χ1v) is 10.00. The van der Waals surface area contributed by atoms with Crippen LogP contribution in [0.5, 0.6) is 0 Å². The zero-order valence-electron chi connectivity index (χ0n) is 15.5. The predicted molar refractivity (Wildman–Crippen MR) is 101 cm³/mol. The zero-order chi connectivity index (χ0) is 17.3. The fourth-order valence-corrected chi connectivity index (χ4v) is 4.16. The third-order valence-corrected chi connectivity index (χ3v) is 5.47. The normalized spacial score (nSPS) is 25.5. The predicted octanol–water partition coefficient (Wildman–Crippen LogP) is 3.36. The molecule has 140 valence electrons. The Labute approximate surface area is 151 Å². The maximum absolute atomic E-state index is 5.41. The zero-order valence-corrected chi connectivity index (χ0v) is 15.5. The Morgan fingerprint density at radius 2 is 2.28 bits per heavy atom. The molecule has 2 saturated carbocycles. The molecule has 2 N–H and O–H groups in total. The van der Waals surface area contributed by atoms with Crippen LogP contribution in [0.1, 0.15) is 51.2 Å². The van der Waals surface area contributed by atoms with Gasteiger partial charge >= 0.3 is 0 Å². The van der Waals surface area contributed by atoms with Crippen molar-refractivity contribution < 1.29 is 9.15 Å². The number of hydrogen-bond donors (Lipinski definition) is 2. The van der Waals surface area contributed by atoms with Crippen molar-refractivity contribution in [3.8, 4) is 0 Å². The summed E-state index contributed by atoms with van der Waals surface area (Å²) in [5.74, 6) is 3.78. The van der Waals surface area contributed by atoms with Gasteiger partial charge in [0.25, 0.3) is 0 Å². The molecule has 3 atom stereocenters. The van der Waals surface area contributed by atoms with E-state index in [9.17, 15) is 0 Å². The van der Waals surface area contributed by atoms with E-state index in [-0.39, 0.29) is 0 Å². The van der Waals surface area contributed by atoms with Gasteiger partial charge in [0, 0.05) is 38.8 Å². The fraction of sp³-hybridized carbons (Fsp3) is 0.750. The number of guanidine groups is 1. The van der Waals surface area contributed by atoms with Crippen molar-refractivity contribution >= 4 is 5.96 Å². The number of ether oxygens (including phenoxy) is 1. The second-order valence-electron chi connectivity index (χ2n) is 7.32. The van der Waals surface area contributed by atoms with Crippen LogP contribution >= 0.6 is 0 Å². The van der Waals surface area contributed by atoms with Crippen molar-refractivity contribution in [1.29, 1.82) is 0 Å². The van der Waals surface area contributed by atoms with E-state index < -0.39 is 0 Å². The number of nitrogens with zero attached hydrogens (tertiary/aromatic N) is 1. The molecule has 0 saturated heterocycles. The molecule has 5 heteroatoms. The van der Waals surface area contributed by atoms with Gasteiger partial charge in [-0.05, 0) is 63.0 Å². The van der Waals surface area contributed by atoms with Gasteiger partial charge < -0.3 is 19.8 Å². The average molecular weight is 348 g/mol. The van der Waals surface area contributed by atoms with Gasteiger partial charge in [-0.25, -0.2) is 0 Å². The van der Waals surface area contributed by atoms with Crippen molar-refractivity contribution in [2.24, 2.45) is 16.8 Å². The first-order chi connectivity index (χ1) is 12.3. The molecule has 0 aliphatic heterocycles. The minimum atomic E-state index is 0.608. The van der Waals surface area contributed by atoms with Crippen LogP contribution in [0.4, 0.5) is 0 Å². The molecule has 2 aliphatic carbocycles. The molecule has 5 nitrogen and oxygen atoms in total. The van der Waals surface area contributed by atoms with Crippen molar-refractivity contribution in [3.05, 3.63) is 24.2 Å². The summed E-state index contributed by atoms with van der Waals surface area (Å²) < 4.78 is 10.8. The molecule has 1 heterocycles. The highest BCUT2D eigenvalue weighted by Crippen LogP contribution is 2.44. The molecule has 3 unspecified atom stereocenters. The molecule has 1 aromatic heterocycles. The van der Waals surface area contributed by atoms with E-state index >= 15 is 0 Å². The van der Waals surface area contributed by atoms with Gasteiger partial charge in [-0.15, -0.1) is 0 Å². The van der Waals surface area contributed by atoms with E-state index in [4.69, 9.17) is 14.1 Å².